The van der Waals surface area contributed by atoms with Gasteiger partial charge in [-0.05, 0) is 37.6 Å². The number of aryl methyl sites for hydroxylation is 2. The third kappa shape index (κ3) is 2.74. The maximum atomic E-state index is 6.36. The van der Waals surface area contributed by atoms with Crippen molar-refractivity contribution in [3.05, 3.63) is 94.2 Å². The average molecular weight is 429 g/mol. The fourth-order valence-electron chi connectivity index (χ4n) is 4.25. The molecule has 2 aromatic carbocycles. The lowest BCUT2D eigenvalue weighted by molar-refractivity contribution is 0.402. The van der Waals surface area contributed by atoms with Gasteiger partial charge in [0.2, 0.25) is 11.8 Å². The fraction of sp³-hybridized carbons (Fsp3) is 0.130. The van der Waals surface area contributed by atoms with Gasteiger partial charge in [0, 0.05) is 5.02 Å². The van der Waals surface area contributed by atoms with Crippen molar-refractivity contribution in [3.8, 4) is 17.4 Å². The van der Waals surface area contributed by atoms with Gasteiger partial charge >= 0.3 is 0 Å². The Morgan fingerprint density at radius 3 is 2.61 bits per heavy atom. The van der Waals surface area contributed by atoms with Crippen LogP contribution >= 0.6 is 11.6 Å². The predicted octanol–water partition coefficient (Wildman–Crippen LogP) is 4.87. The molecule has 0 bridgehead atoms. The van der Waals surface area contributed by atoms with Crippen LogP contribution in [0, 0.1) is 13.8 Å². The number of fused-ring (bicyclic) bond motifs is 4. The van der Waals surface area contributed by atoms with E-state index in [1.54, 1.807) is 15.5 Å². The summed E-state index contributed by atoms with van der Waals surface area (Å²) in [5.74, 6) is 1.67. The number of rotatable bonds is 2. The largest absolute Gasteiger partial charge is 0.420 e. The number of nitrogens with zero attached hydrogens (tertiary/aromatic N) is 6. The van der Waals surface area contributed by atoms with E-state index in [9.17, 15) is 0 Å². The van der Waals surface area contributed by atoms with Gasteiger partial charge in [-0.1, -0.05) is 48.0 Å². The van der Waals surface area contributed by atoms with Gasteiger partial charge < -0.3 is 4.74 Å². The van der Waals surface area contributed by atoms with Crippen molar-refractivity contribution in [2.45, 2.75) is 19.8 Å². The lowest BCUT2D eigenvalue weighted by Gasteiger charge is -2.26. The number of hydrogen-bond acceptors (Lipinski definition) is 5. The molecule has 3 aromatic heterocycles. The zero-order valence-electron chi connectivity index (χ0n) is 16.8. The molecular formula is C23H17ClN6O. The minimum atomic E-state index is -0.146. The normalized spacial score (nSPS) is 14.9. The van der Waals surface area contributed by atoms with E-state index in [1.165, 1.54) is 0 Å². The van der Waals surface area contributed by atoms with E-state index in [0.717, 1.165) is 33.7 Å². The maximum absolute atomic E-state index is 6.36. The van der Waals surface area contributed by atoms with Gasteiger partial charge in [-0.2, -0.15) is 10.2 Å². The number of halogens is 1. The second-order valence-electron chi connectivity index (χ2n) is 7.53. The molecule has 0 aliphatic carbocycles. The van der Waals surface area contributed by atoms with Gasteiger partial charge in [0.1, 0.15) is 12.2 Å². The first-order valence-corrected chi connectivity index (χ1v) is 10.3. The van der Waals surface area contributed by atoms with Gasteiger partial charge in [-0.25, -0.2) is 19.2 Å². The molecule has 7 nitrogen and oxygen atoms in total. The molecule has 1 aliphatic rings. The molecule has 6 rings (SSSR count). The first-order chi connectivity index (χ1) is 15.1. The molecule has 0 spiro atoms. The Kier molecular flexibility index (Phi) is 3.88. The van der Waals surface area contributed by atoms with E-state index in [1.807, 2.05) is 56.3 Å². The number of hydrogen-bond donors (Lipinski definition) is 0. The third-order valence-electron chi connectivity index (χ3n) is 5.51. The summed E-state index contributed by atoms with van der Waals surface area (Å²) < 4.78 is 9.85. The zero-order chi connectivity index (χ0) is 21.1. The molecule has 0 saturated carbocycles. The molecule has 0 unspecified atom stereocenters. The smallest absolute Gasteiger partial charge is 0.230 e. The van der Waals surface area contributed by atoms with Gasteiger partial charge in [0.25, 0.3) is 0 Å². The van der Waals surface area contributed by atoms with Gasteiger partial charge in [0.15, 0.2) is 5.65 Å². The van der Waals surface area contributed by atoms with E-state index < -0.39 is 0 Å². The summed E-state index contributed by atoms with van der Waals surface area (Å²) in [5, 5.41) is 9.89. The van der Waals surface area contributed by atoms with Gasteiger partial charge in [0.05, 0.1) is 28.4 Å². The van der Waals surface area contributed by atoms with Gasteiger partial charge in [-0.15, -0.1) is 0 Å². The number of aromatic nitrogens is 6. The molecule has 8 heteroatoms. The van der Waals surface area contributed by atoms with E-state index in [2.05, 4.69) is 27.2 Å². The summed E-state index contributed by atoms with van der Waals surface area (Å²) in [6.45, 7) is 3.86. The van der Waals surface area contributed by atoms with Crippen molar-refractivity contribution in [2.24, 2.45) is 0 Å². The SMILES string of the molecule is Cc1nc2c3c(ncn2n1)Oc1c(c(C)nn1-c1cccc(Cl)c1)[C@@H]3c1ccccc1. The van der Waals surface area contributed by atoms with Crippen molar-refractivity contribution >= 4 is 17.2 Å². The van der Waals surface area contributed by atoms with Crippen LogP contribution in [0.3, 0.4) is 0 Å². The quantitative estimate of drug-likeness (QED) is 0.393. The molecule has 1 aliphatic heterocycles. The molecule has 0 fully saturated rings. The summed E-state index contributed by atoms with van der Waals surface area (Å²) >= 11 is 6.25. The summed E-state index contributed by atoms with van der Waals surface area (Å²) in [6, 6.07) is 17.8. The monoisotopic (exact) mass is 428 g/mol. The van der Waals surface area contributed by atoms with Crippen LogP contribution in [0.15, 0.2) is 60.9 Å². The predicted molar refractivity (Wildman–Crippen MR) is 116 cm³/mol. The molecule has 1 atom stereocenters. The highest BCUT2D eigenvalue weighted by atomic mass is 35.5. The Bertz CT molecular complexity index is 1460. The first kappa shape index (κ1) is 18.1. The highest BCUT2D eigenvalue weighted by Gasteiger charge is 2.37. The summed E-state index contributed by atoms with van der Waals surface area (Å²) in [6.07, 6.45) is 1.63. The summed E-state index contributed by atoms with van der Waals surface area (Å²) in [7, 11) is 0. The van der Waals surface area contributed by atoms with E-state index in [0.29, 0.717) is 22.6 Å². The summed E-state index contributed by atoms with van der Waals surface area (Å²) in [4.78, 5) is 9.24. The molecular weight excluding hydrogens is 412 g/mol. The third-order valence-corrected chi connectivity index (χ3v) is 5.75. The van der Waals surface area contributed by atoms with Crippen LogP contribution in [0.2, 0.25) is 5.02 Å². The summed E-state index contributed by atoms with van der Waals surface area (Å²) in [5.41, 5.74) is 5.40. The highest BCUT2D eigenvalue weighted by molar-refractivity contribution is 6.30. The lowest BCUT2D eigenvalue weighted by atomic mass is 9.84. The minimum Gasteiger partial charge on any atom is -0.420 e. The highest BCUT2D eigenvalue weighted by Crippen LogP contribution is 2.49. The van der Waals surface area contributed by atoms with Crippen LogP contribution < -0.4 is 4.74 Å². The molecule has 0 radical (unpaired) electrons. The Morgan fingerprint density at radius 1 is 0.968 bits per heavy atom. The molecule has 31 heavy (non-hydrogen) atoms. The molecule has 4 heterocycles. The first-order valence-electron chi connectivity index (χ1n) is 9.90. The molecule has 0 saturated heterocycles. The van der Waals surface area contributed by atoms with Crippen molar-refractivity contribution in [2.75, 3.05) is 0 Å². The zero-order valence-corrected chi connectivity index (χ0v) is 17.6. The Labute approximate surface area is 182 Å². The minimum absolute atomic E-state index is 0.146. The van der Waals surface area contributed by atoms with Crippen molar-refractivity contribution in [1.29, 1.82) is 0 Å². The van der Waals surface area contributed by atoms with E-state index in [-0.39, 0.29) is 5.92 Å². The molecule has 5 aromatic rings. The van der Waals surface area contributed by atoms with Crippen LogP contribution in [0.5, 0.6) is 11.8 Å². The Morgan fingerprint density at radius 2 is 1.81 bits per heavy atom. The van der Waals surface area contributed by atoms with Crippen LogP contribution in [0.4, 0.5) is 0 Å². The second kappa shape index (κ2) is 6.65. The van der Waals surface area contributed by atoms with Crippen molar-refractivity contribution in [1.82, 2.24) is 29.4 Å². The standard InChI is InChI=1S/C23H17ClN6O/c1-13-18-19(15-7-4-3-5-8-15)20-21-26-14(2)28-29(21)12-25-22(20)31-23(18)30(27-13)17-10-6-9-16(24)11-17/h3-12,19H,1-2H3/t19-/m0/s1. The Balaban J connectivity index is 1.67. The number of ether oxygens (including phenoxy) is 1. The van der Waals surface area contributed by atoms with E-state index >= 15 is 0 Å². The topological polar surface area (TPSA) is 70.1 Å². The Hall–Kier alpha value is -3.71. The van der Waals surface area contributed by atoms with Crippen LogP contribution in [0.1, 0.15) is 34.1 Å². The maximum Gasteiger partial charge on any atom is 0.230 e. The number of benzene rings is 2. The van der Waals surface area contributed by atoms with Crippen LogP contribution in [-0.2, 0) is 0 Å². The fourth-order valence-corrected chi connectivity index (χ4v) is 4.43. The van der Waals surface area contributed by atoms with Crippen LogP contribution in [-0.4, -0.2) is 29.4 Å². The molecule has 152 valence electrons. The van der Waals surface area contributed by atoms with Crippen molar-refractivity contribution in [3.63, 3.8) is 0 Å². The average Bonchev–Trinajstić information content (AvgIpc) is 3.32. The van der Waals surface area contributed by atoms with Gasteiger partial charge in [-0.3, -0.25) is 0 Å². The molecule has 0 amide bonds. The molecule has 0 N–H and O–H groups in total. The van der Waals surface area contributed by atoms with Crippen molar-refractivity contribution < 1.29 is 4.74 Å². The lowest BCUT2D eigenvalue weighted by Crippen LogP contribution is -2.16. The van der Waals surface area contributed by atoms with E-state index in [4.69, 9.17) is 21.4 Å². The van der Waals surface area contributed by atoms with Crippen LogP contribution in [0.25, 0.3) is 11.3 Å². The second-order valence-corrected chi connectivity index (χ2v) is 7.97.